The number of hydrogen-bond acceptors (Lipinski definition) is 3. The van der Waals surface area contributed by atoms with Gasteiger partial charge in [0, 0.05) is 19.5 Å². The van der Waals surface area contributed by atoms with Crippen molar-refractivity contribution < 1.29 is 14.3 Å². The minimum atomic E-state index is -0.185. The lowest BCUT2D eigenvalue weighted by atomic mass is 10.3. The van der Waals surface area contributed by atoms with Crippen LogP contribution in [0.2, 0.25) is 0 Å². The van der Waals surface area contributed by atoms with E-state index in [9.17, 15) is 9.59 Å². The molecule has 1 aliphatic heterocycles. The summed E-state index contributed by atoms with van der Waals surface area (Å²) < 4.78 is 4.97. The van der Waals surface area contributed by atoms with Crippen molar-refractivity contribution in [3.63, 3.8) is 0 Å². The molecule has 0 aromatic heterocycles. The standard InChI is InChI=1S/C10H18N2O3/c1-2-4-9(13)15-8-7-12-6-3-5-11-10(12)14/h2-8H2,1H3,(H,11,14). The zero-order chi connectivity index (χ0) is 11.1. The van der Waals surface area contributed by atoms with Gasteiger partial charge in [-0.2, -0.15) is 0 Å². The van der Waals surface area contributed by atoms with Crippen LogP contribution < -0.4 is 5.32 Å². The fourth-order valence-corrected chi connectivity index (χ4v) is 1.44. The van der Waals surface area contributed by atoms with Gasteiger partial charge in [-0.05, 0) is 12.8 Å². The predicted molar refractivity (Wildman–Crippen MR) is 55.5 cm³/mol. The van der Waals surface area contributed by atoms with E-state index in [1.807, 2.05) is 6.92 Å². The molecule has 0 spiro atoms. The molecule has 5 heteroatoms. The summed E-state index contributed by atoms with van der Waals surface area (Å²) >= 11 is 0. The zero-order valence-corrected chi connectivity index (χ0v) is 9.12. The van der Waals surface area contributed by atoms with Crippen LogP contribution in [0.5, 0.6) is 0 Å². The summed E-state index contributed by atoms with van der Waals surface area (Å²) in [6.07, 6.45) is 2.20. The van der Waals surface area contributed by atoms with Gasteiger partial charge in [0.1, 0.15) is 6.61 Å². The van der Waals surface area contributed by atoms with E-state index >= 15 is 0 Å². The van der Waals surface area contributed by atoms with Crippen molar-refractivity contribution in [2.45, 2.75) is 26.2 Å². The number of carbonyl (C=O) groups excluding carboxylic acids is 2. The van der Waals surface area contributed by atoms with Gasteiger partial charge >= 0.3 is 12.0 Å². The Bertz CT molecular complexity index is 231. The molecule has 0 aromatic carbocycles. The predicted octanol–water partition coefficient (Wildman–Crippen LogP) is 0.745. The first-order valence-corrected chi connectivity index (χ1v) is 5.42. The van der Waals surface area contributed by atoms with Crippen LogP contribution >= 0.6 is 0 Å². The monoisotopic (exact) mass is 214 g/mol. The highest BCUT2D eigenvalue weighted by molar-refractivity contribution is 5.74. The van der Waals surface area contributed by atoms with Gasteiger partial charge in [0.2, 0.25) is 0 Å². The Balaban J connectivity index is 2.13. The Labute approximate surface area is 89.8 Å². The summed E-state index contributed by atoms with van der Waals surface area (Å²) in [7, 11) is 0. The van der Waals surface area contributed by atoms with E-state index in [1.165, 1.54) is 0 Å². The normalized spacial score (nSPS) is 16.1. The van der Waals surface area contributed by atoms with Gasteiger partial charge in [-0.15, -0.1) is 0 Å². The molecule has 0 radical (unpaired) electrons. The maximum Gasteiger partial charge on any atom is 0.317 e. The van der Waals surface area contributed by atoms with E-state index in [2.05, 4.69) is 5.32 Å². The van der Waals surface area contributed by atoms with Crippen molar-refractivity contribution in [3.8, 4) is 0 Å². The Kier molecular flexibility index (Phi) is 4.93. The van der Waals surface area contributed by atoms with Crippen LogP contribution in [0.1, 0.15) is 26.2 Å². The second-order valence-corrected chi connectivity index (χ2v) is 3.54. The Morgan fingerprint density at radius 3 is 3.07 bits per heavy atom. The minimum Gasteiger partial charge on any atom is -0.464 e. The molecule has 15 heavy (non-hydrogen) atoms. The van der Waals surface area contributed by atoms with Crippen molar-refractivity contribution in [2.75, 3.05) is 26.2 Å². The van der Waals surface area contributed by atoms with Gasteiger partial charge in [-0.25, -0.2) is 4.79 Å². The van der Waals surface area contributed by atoms with Crippen LogP contribution in [0.25, 0.3) is 0 Å². The van der Waals surface area contributed by atoms with Crippen LogP contribution in [0, 0.1) is 0 Å². The molecule has 1 rings (SSSR count). The summed E-state index contributed by atoms with van der Waals surface area (Å²) in [6.45, 7) is 4.20. The maximum absolute atomic E-state index is 11.3. The van der Waals surface area contributed by atoms with E-state index in [4.69, 9.17) is 4.74 Å². The molecule has 0 aromatic rings. The number of nitrogens with one attached hydrogen (secondary N) is 1. The van der Waals surface area contributed by atoms with Gasteiger partial charge in [0.05, 0.1) is 6.54 Å². The van der Waals surface area contributed by atoms with Crippen molar-refractivity contribution in [1.82, 2.24) is 10.2 Å². The molecular formula is C10H18N2O3. The highest BCUT2D eigenvalue weighted by Gasteiger charge is 2.16. The van der Waals surface area contributed by atoms with Gasteiger partial charge < -0.3 is 15.0 Å². The molecule has 0 atom stereocenters. The van der Waals surface area contributed by atoms with Gasteiger partial charge in [0.25, 0.3) is 0 Å². The lowest BCUT2D eigenvalue weighted by Gasteiger charge is -2.27. The summed E-state index contributed by atoms with van der Waals surface area (Å²) in [5, 5.41) is 2.74. The number of carbonyl (C=O) groups is 2. The van der Waals surface area contributed by atoms with Crippen molar-refractivity contribution in [3.05, 3.63) is 0 Å². The summed E-state index contributed by atoms with van der Waals surface area (Å²) in [5.41, 5.74) is 0. The summed E-state index contributed by atoms with van der Waals surface area (Å²) in [4.78, 5) is 24.0. The summed E-state index contributed by atoms with van der Waals surface area (Å²) in [5.74, 6) is -0.185. The lowest BCUT2D eigenvalue weighted by molar-refractivity contribution is -0.143. The topological polar surface area (TPSA) is 58.6 Å². The molecule has 0 unspecified atom stereocenters. The van der Waals surface area contributed by atoms with E-state index in [1.54, 1.807) is 4.90 Å². The molecule has 5 nitrogen and oxygen atoms in total. The molecule has 0 aliphatic carbocycles. The first kappa shape index (κ1) is 11.8. The molecular weight excluding hydrogens is 196 g/mol. The molecule has 1 aliphatic rings. The average molecular weight is 214 g/mol. The molecule has 1 heterocycles. The quantitative estimate of drug-likeness (QED) is 0.687. The third kappa shape index (κ3) is 4.18. The summed E-state index contributed by atoms with van der Waals surface area (Å²) in [6, 6.07) is -0.0622. The maximum atomic E-state index is 11.3. The number of nitrogens with zero attached hydrogens (tertiary/aromatic N) is 1. The number of ether oxygens (including phenoxy) is 1. The van der Waals surface area contributed by atoms with Crippen molar-refractivity contribution in [2.24, 2.45) is 0 Å². The number of esters is 1. The van der Waals surface area contributed by atoms with E-state index in [-0.39, 0.29) is 12.0 Å². The van der Waals surface area contributed by atoms with Crippen molar-refractivity contribution >= 4 is 12.0 Å². The average Bonchev–Trinajstić information content (AvgIpc) is 2.21. The number of amides is 2. The van der Waals surface area contributed by atoms with Crippen LogP contribution in [-0.2, 0) is 9.53 Å². The number of urea groups is 1. The Hall–Kier alpha value is -1.26. The van der Waals surface area contributed by atoms with E-state index < -0.39 is 0 Å². The highest BCUT2D eigenvalue weighted by Crippen LogP contribution is 1.99. The first-order valence-electron chi connectivity index (χ1n) is 5.42. The fourth-order valence-electron chi connectivity index (χ4n) is 1.44. The largest absolute Gasteiger partial charge is 0.464 e. The van der Waals surface area contributed by atoms with Gasteiger partial charge in [-0.3, -0.25) is 4.79 Å². The Morgan fingerprint density at radius 2 is 2.40 bits per heavy atom. The fraction of sp³-hybridized carbons (Fsp3) is 0.800. The molecule has 2 amide bonds. The second-order valence-electron chi connectivity index (χ2n) is 3.54. The molecule has 1 N–H and O–H groups in total. The third-order valence-electron chi connectivity index (χ3n) is 2.25. The minimum absolute atomic E-state index is 0.0622. The molecule has 86 valence electrons. The van der Waals surface area contributed by atoms with Crippen LogP contribution in [0.3, 0.4) is 0 Å². The zero-order valence-electron chi connectivity index (χ0n) is 9.12. The molecule has 0 bridgehead atoms. The van der Waals surface area contributed by atoms with Crippen LogP contribution in [0.15, 0.2) is 0 Å². The van der Waals surface area contributed by atoms with E-state index in [0.717, 1.165) is 25.9 Å². The van der Waals surface area contributed by atoms with Crippen molar-refractivity contribution in [1.29, 1.82) is 0 Å². The Morgan fingerprint density at radius 1 is 1.60 bits per heavy atom. The second kappa shape index (κ2) is 6.27. The lowest BCUT2D eigenvalue weighted by Crippen LogP contribution is -2.47. The number of rotatable bonds is 5. The smallest absolute Gasteiger partial charge is 0.317 e. The third-order valence-corrected chi connectivity index (χ3v) is 2.25. The molecule has 0 saturated carbocycles. The highest BCUT2D eigenvalue weighted by atomic mass is 16.5. The first-order chi connectivity index (χ1) is 7.24. The van der Waals surface area contributed by atoms with Crippen LogP contribution in [-0.4, -0.2) is 43.1 Å². The van der Waals surface area contributed by atoms with Gasteiger partial charge in [0.15, 0.2) is 0 Å². The van der Waals surface area contributed by atoms with Gasteiger partial charge in [-0.1, -0.05) is 6.92 Å². The van der Waals surface area contributed by atoms with Crippen LogP contribution in [0.4, 0.5) is 4.79 Å². The SMILES string of the molecule is CCCC(=O)OCCN1CCCNC1=O. The molecule has 1 saturated heterocycles. The number of hydrogen-bond donors (Lipinski definition) is 1. The molecule has 1 fully saturated rings. The van der Waals surface area contributed by atoms with E-state index in [0.29, 0.717) is 19.6 Å².